The Morgan fingerprint density at radius 1 is 1.38 bits per heavy atom. The smallest absolute Gasteiger partial charge is 0.324 e. The van der Waals surface area contributed by atoms with Crippen molar-refractivity contribution in [3.8, 4) is 0 Å². The van der Waals surface area contributed by atoms with E-state index in [4.69, 9.17) is 0 Å². The quantitative estimate of drug-likeness (QED) is 0.735. The zero-order valence-electron chi connectivity index (χ0n) is 10.0. The number of nitrogens with zero attached hydrogens (tertiary/aromatic N) is 1. The zero-order valence-corrected chi connectivity index (χ0v) is 10.0. The first kappa shape index (κ1) is 11.9. The van der Waals surface area contributed by atoms with Gasteiger partial charge in [0.1, 0.15) is 5.54 Å². The van der Waals surface area contributed by atoms with E-state index in [-0.39, 0.29) is 5.92 Å². The molecular weight excluding hydrogens is 204 g/mol. The lowest BCUT2D eigenvalue weighted by atomic mass is 9.77. The fourth-order valence-corrected chi connectivity index (χ4v) is 3.23. The van der Waals surface area contributed by atoms with Crippen LogP contribution < -0.4 is 5.32 Å². The summed E-state index contributed by atoms with van der Waals surface area (Å²) < 4.78 is 0. The molecule has 2 saturated heterocycles. The maximum absolute atomic E-state index is 11.7. The molecule has 0 saturated carbocycles. The number of likely N-dealkylation sites (tertiary alicyclic amines) is 1. The third-order valence-electron chi connectivity index (χ3n) is 4.24. The normalized spacial score (nSPS) is 37.2. The van der Waals surface area contributed by atoms with Crippen LogP contribution in [-0.4, -0.2) is 47.7 Å². The second kappa shape index (κ2) is 4.72. The number of carboxylic acids is 1. The molecule has 92 valence electrons. The Kier molecular flexibility index (Phi) is 3.50. The first-order valence-electron chi connectivity index (χ1n) is 6.37. The van der Waals surface area contributed by atoms with Crippen LogP contribution in [0.15, 0.2) is 0 Å². The minimum atomic E-state index is -0.622. The lowest BCUT2D eigenvalue weighted by molar-refractivity contribution is -0.159. The van der Waals surface area contributed by atoms with Gasteiger partial charge in [0.2, 0.25) is 0 Å². The van der Waals surface area contributed by atoms with Crippen LogP contribution in [0.1, 0.15) is 32.6 Å². The van der Waals surface area contributed by atoms with Gasteiger partial charge in [-0.05, 0) is 44.8 Å². The molecule has 16 heavy (non-hydrogen) atoms. The molecule has 2 rings (SSSR count). The molecule has 2 heterocycles. The molecule has 2 unspecified atom stereocenters. The molecule has 2 aliphatic rings. The number of hydrogen-bond donors (Lipinski definition) is 2. The van der Waals surface area contributed by atoms with Crippen LogP contribution in [0.5, 0.6) is 0 Å². The van der Waals surface area contributed by atoms with Crippen molar-refractivity contribution in [1.29, 1.82) is 0 Å². The van der Waals surface area contributed by atoms with E-state index in [0.717, 1.165) is 45.4 Å². The van der Waals surface area contributed by atoms with Crippen molar-refractivity contribution >= 4 is 5.97 Å². The highest BCUT2D eigenvalue weighted by Crippen LogP contribution is 2.33. The fourth-order valence-electron chi connectivity index (χ4n) is 3.23. The monoisotopic (exact) mass is 226 g/mol. The van der Waals surface area contributed by atoms with Gasteiger partial charge in [-0.1, -0.05) is 13.3 Å². The van der Waals surface area contributed by atoms with Crippen molar-refractivity contribution in [2.45, 2.75) is 38.1 Å². The molecule has 0 amide bonds. The average molecular weight is 226 g/mol. The summed E-state index contributed by atoms with van der Waals surface area (Å²) in [5, 5.41) is 12.9. The Morgan fingerprint density at radius 3 is 2.62 bits per heavy atom. The van der Waals surface area contributed by atoms with Gasteiger partial charge >= 0.3 is 5.97 Å². The summed E-state index contributed by atoms with van der Waals surface area (Å²) in [6.07, 6.45) is 4.28. The molecule has 0 spiro atoms. The van der Waals surface area contributed by atoms with Crippen molar-refractivity contribution in [2.75, 3.05) is 26.2 Å². The lowest BCUT2D eigenvalue weighted by Gasteiger charge is -2.48. The molecule has 2 atom stereocenters. The van der Waals surface area contributed by atoms with E-state index in [1.54, 1.807) is 0 Å². The van der Waals surface area contributed by atoms with Crippen molar-refractivity contribution in [1.82, 2.24) is 10.2 Å². The predicted molar refractivity (Wildman–Crippen MR) is 62.4 cm³/mol. The minimum Gasteiger partial charge on any atom is -0.480 e. The number of carboxylic acid groups (broad SMARTS) is 1. The molecule has 0 radical (unpaired) electrons. The molecule has 4 heteroatoms. The van der Waals surface area contributed by atoms with Gasteiger partial charge < -0.3 is 10.4 Å². The van der Waals surface area contributed by atoms with Crippen molar-refractivity contribution in [2.24, 2.45) is 5.92 Å². The second-order valence-electron chi connectivity index (χ2n) is 5.13. The van der Waals surface area contributed by atoms with Gasteiger partial charge in [0, 0.05) is 6.54 Å². The number of rotatable bonds is 2. The minimum absolute atomic E-state index is 0.192. The van der Waals surface area contributed by atoms with E-state index in [1.165, 1.54) is 6.42 Å². The van der Waals surface area contributed by atoms with Gasteiger partial charge in [-0.15, -0.1) is 0 Å². The number of hydrogen-bond acceptors (Lipinski definition) is 3. The van der Waals surface area contributed by atoms with E-state index in [0.29, 0.717) is 0 Å². The van der Waals surface area contributed by atoms with E-state index in [1.807, 2.05) is 0 Å². The van der Waals surface area contributed by atoms with Crippen molar-refractivity contribution < 1.29 is 9.90 Å². The summed E-state index contributed by atoms with van der Waals surface area (Å²) in [7, 11) is 0. The standard InChI is InChI=1S/C12H22N2O2/c1-10-9-13-6-5-12(10,11(15)16)14-7-3-2-4-8-14/h10,13H,2-9H2,1H3,(H,15,16). The number of carbonyl (C=O) groups is 1. The van der Waals surface area contributed by atoms with Crippen LogP contribution in [0.4, 0.5) is 0 Å². The van der Waals surface area contributed by atoms with Gasteiger partial charge in [-0.25, -0.2) is 0 Å². The number of nitrogens with one attached hydrogen (secondary N) is 1. The van der Waals surface area contributed by atoms with E-state index in [9.17, 15) is 9.90 Å². The van der Waals surface area contributed by atoms with Crippen LogP contribution in [0.2, 0.25) is 0 Å². The molecule has 4 nitrogen and oxygen atoms in total. The summed E-state index contributed by atoms with van der Waals surface area (Å²) in [4.78, 5) is 13.9. The summed E-state index contributed by atoms with van der Waals surface area (Å²) >= 11 is 0. The summed E-state index contributed by atoms with van der Waals surface area (Å²) in [5.41, 5.74) is -0.605. The zero-order chi connectivity index (χ0) is 11.6. The summed E-state index contributed by atoms with van der Waals surface area (Å²) in [6, 6.07) is 0. The Bertz CT molecular complexity index is 264. The Hall–Kier alpha value is -0.610. The van der Waals surface area contributed by atoms with Crippen LogP contribution >= 0.6 is 0 Å². The molecule has 0 bridgehead atoms. The molecule has 2 N–H and O–H groups in total. The summed E-state index contributed by atoms with van der Waals surface area (Å²) in [6.45, 7) is 5.62. The predicted octanol–water partition coefficient (Wildman–Crippen LogP) is 0.925. The molecule has 0 aromatic carbocycles. The van der Waals surface area contributed by atoms with Crippen LogP contribution in [0, 0.1) is 5.92 Å². The van der Waals surface area contributed by atoms with Crippen molar-refractivity contribution in [3.63, 3.8) is 0 Å². The summed E-state index contributed by atoms with van der Waals surface area (Å²) in [5.74, 6) is -0.430. The third kappa shape index (κ3) is 1.84. The Labute approximate surface area is 97.0 Å². The fraction of sp³-hybridized carbons (Fsp3) is 0.917. The maximum Gasteiger partial charge on any atom is 0.324 e. The Morgan fingerprint density at radius 2 is 2.06 bits per heavy atom. The largest absolute Gasteiger partial charge is 0.480 e. The van der Waals surface area contributed by atoms with Gasteiger partial charge in [0.15, 0.2) is 0 Å². The van der Waals surface area contributed by atoms with Gasteiger partial charge in [0.25, 0.3) is 0 Å². The van der Waals surface area contributed by atoms with E-state index < -0.39 is 11.5 Å². The van der Waals surface area contributed by atoms with E-state index >= 15 is 0 Å². The van der Waals surface area contributed by atoms with Crippen molar-refractivity contribution in [3.05, 3.63) is 0 Å². The molecule has 2 aliphatic heterocycles. The number of aliphatic carboxylic acids is 1. The molecule has 2 fully saturated rings. The maximum atomic E-state index is 11.7. The van der Waals surface area contributed by atoms with Gasteiger partial charge in [0.05, 0.1) is 0 Å². The van der Waals surface area contributed by atoms with Crippen LogP contribution in [0.3, 0.4) is 0 Å². The molecule has 0 aromatic heterocycles. The first-order chi connectivity index (χ1) is 7.68. The van der Waals surface area contributed by atoms with Crippen LogP contribution in [-0.2, 0) is 4.79 Å². The highest BCUT2D eigenvalue weighted by atomic mass is 16.4. The van der Waals surface area contributed by atoms with Gasteiger partial charge in [-0.3, -0.25) is 9.69 Å². The highest BCUT2D eigenvalue weighted by molar-refractivity contribution is 5.79. The highest BCUT2D eigenvalue weighted by Gasteiger charge is 2.49. The first-order valence-corrected chi connectivity index (χ1v) is 6.37. The lowest BCUT2D eigenvalue weighted by Crippen LogP contribution is -2.65. The van der Waals surface area contributed by atoms with Gasteiger partial charge in [-0.2, -0.15) is 0 Å². The Balaban J connectivity index is 2.22. The number of piperidine rings is 2. The topological polar surface area (TPSA) is 52.6 Å². The molecule has 0 aromatic rings. The average Bonchev–Trinajstić information content (AvgIpc) is 2.30. The van der Waals surface area contributed by atoms with E-state index in [2.05, 4.69) is 17.1 Å². The second-order valence-corrected chi connectivity index (χ2v) is 5.13. The SMILES string of the molecule is CC1CNCCC1(C(=O)O)N1CCCCC1. The third-order valence-corrected chi connectivity index (χ3v) is 4.24. The molecular formula is C12H22N2O2. The van der Waals surface area contributed by atoms with Crippen LogP contribution in [0.25, 0.3) is 0 Å². The molecule has 0 aliphatic carbocycles.